The number of nitrogens with zero attached hydrogens (tertiary/aromatic N) is 1. The van der Waals surface area contributed by atoms with Crippen molar-refractivity contribution in [3.63, 3.8) is 0 Å². The fourth-order valence-corrected chi connectivity index (χ4v) is 1.13. The van der Waals surface area contributed by atoms with Gasteiger partial charge in [-0.05, 0) is 12.1 Å². The molecule has 0 aromatic heterocycles. The Morgan fingerprint density at radius 3 is 2.76 bits per heavy atom. The van der Waals surface area contributed by atoms with Crippen LogP contribution in [0.4, 0.5) is 19.3 Å². The SMILES string of the molecule is COCCN(C)C(=O)Nc1ccc(F)cc1F. The zero-order valence-electron chi connectivity index (χ0n) is 9.67. The number of hydrogen-bond acceptors (Lipinski definition) is 2. The van der Waals surface area contributed by atoms with Gasteiger partial charge in [-0.2, -0.15) is 0 Å². The van der Waals surface area contributed by atoms with Gasteiger partial charge in [0.05, 0.1) is 12.3 Å². The van der Waals surface area contributed by atoms with Crippen molar-refractivity contribution in [2.45, 2.75) is 0 Å². The minimum absolute atomic E-state index is 0.0549. The van der Waals surface area contributed by atoms with E-state index in [1.807, 2.05) is 0 Å². The van der Waals surface area contributed by atoms with Crippen LogP contribution in [-0.2, 0) is 4.74 Å². The number of ether oxygens (including phenoxy) is 1. The van der Waals surface area contributed by atoms with Crippen LogP contribution in [0.25, 0.3) is 0 Å². The summed E-state index contributed by atoms with van der Waals surface area (Å²) in [6, 6.07) is 2.48. The van der Waals surface area contributed by atoms with Gasteiger partial charge in [0, 0.05) is 26.8 Å². The van der Waals surface area contributed by atoms with Crippen LogP contribution in [0.3, 0.4) is 0 Å². The summed E-state index contributed by atoms with van der Waals surface area (Å²) in [5.74, 6) is -1.49. The van der Waals surface area contributed by atoms with Gasteiger partial charge in [0.2, 0.25) is 0 Å². The van der Waals surface area contributed by atoms with Crippen LogP contribution in [0.5, 0.6) is 0 Å². The zero-order chi connectivity index (χ0) is 12.8. The van der Waals surface area contributed by atoms with Crippen molar-refractivity contribution < 1.29 is 18.3 Å². The fraction of sp³-hybridized carbons (Fsp3) is 0.364. The zero-order valence-corrected chi connectivity index (χ0v) is 9.67. The lowest BCUT2D eigenvalue weighted by molar-refractivity contribution is 0.165. The highest BCUT2D eigenvalue weighted by molar-refractivity contribution is 5.89. The summed E-state index contributed by atoms with van der Waals surface area (Å²) in [7, 11) is 3.07. The molecule has 1 N–H and O–H groups in total. The molecular formula is C11H14F2N2O2. The molecule has 0 unspecified atom stereocenters. The number of urea groups is 1. The first-order valence-corrected chi connectivity index (χ1v) is 5.00. The topological polar surface area (TPSA) is 41.6 Å². The van der Waals surface area contributed by atoms with Gasteiger partial charge in [0.1, 0.15) is 11.6 Å². The van der Waals surface area contributed by atoms with Crippen LogP contribution >= 0.6 is 0 Å². The van der Waals surface area contributed by atoms with Gasteiger partial charge in [0.25, 0.3) is 0 Å². The molecule has 0 aliphatic rings. The average molecular weight is 244 g/mol. The Labute approximate surface area is 98.2 Å². The lowest BCUT2D eigenvalue weighted by Gasteiger charge is -2.17. The van der Waals surface area contributed by atoms with Gasteiger partial charge in [0.15, 0.2) is 0 Å². The van der Waals surface area contributed by atoms with Crippen LogP contribution in [0.15, 0.2) is 18.2 Å². The maximum absolute atomic E-state index is 13.2. The predicted molar refractivity (Wildman–Crippen MR) is 59.9 cm³/mol. The number of carbonyl (C=O) groups is 1. The monoisotopic (exact) mass is 244 g/mol. The molecule has 0 spiro atoms. The Kier molecular flexibility index (Phi) is 4.84. The molecule has 1 rings (SSSR count). The summed E-state index contributed by atoms with van der Waals surface area (Å²) < 4.78 is 30.7. The predicted octanol–water partition coefficient (Wildman–Crippen LogP) is 2.07. The number of halogens is 2. The molecule has 2 amide bonds. The van der Waals surface area contributed by atoms with E-state index in [-0.39, 0.29) is 5.69 Å². The van der Waals surface area contributed by atoms with Crippen molar-refractivity contribution in [2.75, 3.05) is 32.6 Å². The lowest BCUT2D eigenvalue weighted by atomic mass is 10.3. The van der Waals surface area contributed by atoms with Crippen molar-refractivity contribution in [1.29, 1.82) is 0 Å². The molecular weight excluding hydrogens is 230 g/mol. The smallest absolute Gasteiger partial charge is 0.321 e. The number of hydrogen-bond donors (Lipinski definition) is 1. The first-order valence-electron chi connectivity index (χ1n) is 5.00. The van der Waals surface area contributed by atoms with Crippen LogP contribution in [-0.4, -0.2) is 38.2 Å². The molecule has 6 heteroatoms. The van der Waals surface area contributed by atoms with Crippen LogP contribution in [0.1, 0.15) is 0 Å². The Balaban J connectivity index is 2.61. The second-order valence-corrected chi connectivity index (χ2v) is 3.47. The van der Waals surface area contributed by atoms with E-state index in [2.05, 4.69) is 5.32 Å². The molecule has 0 radical (unpaired) electrons. The van der Waals surface area contributed by atoms with E-state index in [1.54, 1.807) is 7.05 Å². The van der Waals surface area contributed by atoms with E-state index in [1.165, 1.54) is 18.1 Å². The Morgan fingerprint density at radius 1 is 1.47 bits per heavy atom. The summed E-state index contributed by atoms with van der Waals surface area (Å²) >= 11 is 0. The van der Waals surface area contributed by atoms with Crippen LogP contribution in [0, 0.1) is 11.6 Å². The lowest BCUT2D eigenvalue weighted by Crippen LogP contribution is -2.34. The quantitative estimate of drug-likeness (QED) is 0.881. The molecule has 0 heterocycles. The molecule has 0 aliphatic carbocycles. The molecule has 4 nitrogen and oxygen atoms in total. The summed E-state index contributed by atoms with van der Waals surface area (Å²) in [5.41, 5.74) is -0.0549. The molecule has 17 heavy (non-hydrogen) atoms. The molecule has 0 aliphatic heterocycles. The molecule has 0 saturated carbocycles. The number of rotatable bonds is 4. The molecule has 1 aromatic rings. The highest BCUT2D eigenvalue weighted by Gasteiger charge is 2.11. The maximum atomic E-state index is 13.2. The van der Waals surface area contributed by atoms with E-state index < -0.39 is 17.7 Å². The summed E-state index contributed by atoms with van der Waals surface area (Å²) in [6.07, 6.45) is 0. The van der Waals surface area contributed by atoms with Crippen molar-refractivity contribution >= 4 is 11.7 Å². The molecule has 0 saturated heterocycles. The molecule has 94 valence electrons. The molecule has 0 bridgehead atoms. The van der Waals surface area contributed by atoms with E-state index in [0.717, 1.165) is 6.07 Å². The standard InChI is InChI=1S/C11H14F2N2O2/c1-15(5-6-17-2)11(16)14-10-4-3-8(12)7-9(10)13/h3-4,7H,5-6H2,1-2H3,(H,14,16). The first-order chi connectivity index (χ1) is 8.04. The average Bonchev–Trinajstić information content (AvgIpc) is 2.29. The third-order valence-electron chi connectivity index (χ3n) is 2.15. The van der Waals surface area contributed by atoms with Crippen molar-refractivity contribution in [3.05, 3.63) is 29.8 Å². The Hall–Kier alpha value is -1.69. The van der Waals surface area contributed by atoms with Crippen molar-refractivity contribution in [1.82, 2.24) is 4.90 Å². The van der Waals surface area contributed by atoms with Crippen molar-refractivity contribution in [2.24, 2.45) is 0 Å². The number of likely N-dealkylation sites (N-methyl/N-ethyl adjacent to an activating group) is 1. The number of benzene rings is 1. The maximum Gasteiger partial charge on any atom is 0.321 e. The number of anilines is 1. The normalized spacial score (nSPS) is 10.1. The second-order valence-electron chi connectivity index (χ2n) is 3.47. The first kappa shape index (κ1) is 13.4. The van der Waals surface area contributed by atoms with Gasteiger partial charge < -0.3 is 15.0 Å². The largest absolute Gasteiger partial charge is 0.383 e. The minimum atomic E-state index is -0.807. The summed E-state index contributed by atoms with van der Waals surface area (Å²) in [6.45, 7) is 0.765. The highest BCUT2D eigenvalue weighted by atomic mass is 19.1. The summed E-state index contributed by atoms with van der Waals surface area (Å²) in [4.78, 5) is 12.9. The van der Waals surface area contributed by atoms with Crippen molar-refractivity contribution in [3.8, 4) is 0 Å². The van der Waals surface area contributed by atoms with E-state index in [9.17, 15) is 13.6 Å². The van der Waals surface area contributed by atoms with Gasteiger partial charge in [-0.25, -0.2) is 13.6 Å². The Bertz CT molecular complexity index is 399. The van der Waals surface area contributed by atoms with Crippen LogP contribution < -0.4 is 5.32 Å². The third-order valence-corrected chi connectivity index (χ3v) is 2.15. The third kappa shape index (κ3) is 3.99. The van der Waals surface area contributed by atoms with Gasteiger partial charge in [-0.1, -0.05) is 0 Å². The highest BCUT2D eigenvalue weighted by Crippen LogP contribution is 2.15. The van der Waals surface area contributed by atoms with E-state index >= 15 is 0 Å². The van der Waals surface area contributed by atoms with E-state index in [4.69, 9.17) is 4.74 Å². The minimum Gasteiger partial charge on any atom is -0.383 e. The molecule has 0 fully saturated rings. The second kappa shape index (κ2) is 6.15. The Morgan fingerprint density at radius 2 is 2.18 bits per heavy atom. The van der Waals surface area contributed by atoms with Gasteiger partial charge >= 0.3 is 6.03 Å². The molecule has 1 aromatic carbocycles. The van der Waals surface area contributed by atoms with E-state index in [0.29, 0.717) is 19.2 Å². The number of methoxy groups -OCH3 is 1. The van der Waals surface area contributed by atoms with Gasteiger partial charge in [-0.15, -0.1) is 0 Å². The van der Waals surface area contributed by atoms with Gasteiger partial charge in [-0.3, -0.25) is 0 Å². The number of carbonyl (C=O) groups excluding carboxylic acids is 1. The fourth-order valence-electron chi connectivity index (χ4n) is 1.13. The number of nitrogens with one attached hydrogen (secondary N) is 1. The number of amides is 2. The summed E-state index contributed by atoms with van der Waals surface area (Å²) in [5, 5.41) is 2.34. The van der Waals surface area contributed by atoms with Crippen LogP contribution in [0.2, 0.25) is 0 Å². The molecule has 0 atom stereocenters.